The number of benzene rings is 2. The van der Waals surface area contributed by atoms with Gasteiger partial charge in [-0.05, 0) is 55.7 Å². The fraction of sp³-hybridized carbons (Fsp3) is 0.290. The highest BCUT2D eigenvalue weighted by Gasteiger charge is 2.40. The van der Waals surface area contributed by atoms with Gasteiger partial charge in [-0.2, -0.15) is 0 Å². The Labute approximate surface area is 267 Å². The topological polar surface area (TPSA) is 138 Å². The number of anilines is 1. The van der Waals surface area contributed by atoms with E-state index in [2.05, 4.69) is 15.5 Å². The van der Waals surface area contributed by atoms with E-state index in [1.165, 1.54) is 12.3 Å². The second-order valence-electron chi connectivity index (χ2n) is 10.9. The summed E-state index contributed by atoms with van der Waals surface area (Å²) in [7, 11) is 0. The van der Waals surface area contributed by atoms with Gasteiger partial charge in [-0.15, -0.1) is 0 Å². The maximum Gasteiger partial charge on any atom is 0.322 e. The molecular weight excluding hydrogens is 631 g/mol. The molecular formula is C31H27Cl3N4O6. The normalized spacial score (nSPS) is 18.0. The van der Waals surface area contributed by atoms with Crippen molar-refractivity contribution in [2.24, 2.45) is 0 Å². The standard InChI is InChI=1S/C31H27Cl3N4O6/c32-22-2-1-3-23(33)27(22)28-20(29(44-37-28)17-4-5-17)15-43-19-6-7-21(24(34)13-19)31(42)9-11-38(16-31)25-12-18(8-10-35-25)30(41)36-14-26(39)40/h1-3,6-8,10,12-13,17,42H,4-5,9,11,14-16H2,(H,36,41)(H,39,40). The monoisotopic (exact) mass is 656 g/mol. The number of pyridine rings is 1. The summed E-state index contributed by atoms with van der Waals surface area (Å²) in [6, 6.07) is 13.5. The van der Waals surface area contributed by atoms with E-state index in [-0.39, 0.29) is 24.6 Å². The van der Waals surface area contributed by atoms with Gasteiger partial charge in [0.2, 0.25) is 0 Å². The van der Waals surface area contributed by atoms with E-state index < -0.39 is 24.0 Å². The van der Waals surface area contributed by atoms with Crippen LogP contribution in [0, 0.1) is 0 Å². The van der Waals surface area contributed by atoms with Gasteiger partial charge >= 0.3 is 5.97 Å². The maximum absolute atomic E-state index is 12.3. The fourth-order valence-corrected chi connectivity index (χ4v) is 6.29. The number of hydrogen-bond donors (Lipinski definition) is 3. The zero-order chi connectivity index (χ0) is 31.0. The molecule has 1 aliphatic carbocycles. The highest BCUT2D eigenvalue weighted by molar-refractivity contribution is 6.39. The molecule has 4 aromatic rings. The predicted octanol–water partition coefficient (Wildman–Crippen LogP) is 6.07. The van der Waals surface area contributed by atoms with Crippen LogP contribution >= 0.6 is 34.8 Å². The van der Waals surface area contributed by atoms with Gasteiger partial charge in [0, 0.05) is 35.3 Å². The van der Waals surface area contributed by atoms with E-state index in [0.29, 0.717) is 56.4 Å². The van der Waals surface area contributed by atoms with Gasteiger partial charge in [-0.25, -0.2) is 4.98 Å². The molecule has 1 saturated heterocycles. The van der Waals surface area contributed by atoms with Crippen LogP contribution in [0.3, 0.4) is 0 Å². The number of carboxylic acids is 1. The number of carboxylic acid groups (broad SMARTS) is 1. The fourth-order valence-electron chi connectivity index (χ4n) is 5.37. The van der Waals surface area contributed by atoms with Crippen LogP contribution in [0.25, 0.3) is 11.3 Å². The van der Waals surface area contributed by atoms with Crippen molar-refractivity contribution in [1.82, 2.24) is 15.5 Å². The van der Waals surface area contributed by atoms with Gasteiger partial charge in [0.15, 0.2) is 0 Å². The third-order valence-corrected chi connectivity index (χ3v) is 8.71. The summed E-state index contributed by atoms with van der Waals surface area (Å²) < 4.78 is 11.9. The molecule has 3 heterocycles. The van der Waals surface area contributed by atoms with E-state index in [1.807, 2.05) is 4.90 Å². The number of aromatic nitrogens is 2. The van der Waals surface area contributed by atoms with Crippen LogP contribution in [-0.4, -0.2) is 51.9 Å². The number of carbonyl (C=O) groups is 2. The SMILES string of the molecule is O=C(O)CNC(=O)c1ccnc(N2CCC(O)(c3ccc(OCc4c(-c5c(Cl)cccc5Cl)noc4C4CC4)cc3Cl)C2)c1. The summed E-state index contributed by atoms with van der Waals surface area (Å²) in [5.41, 5.74) is 1.44. The molecule has 1 saturated carbocycles. The van der Waals surface area contributed by atoms with Crippen molar-refractivity contribution in [1.29, 1.82) is 0 Å². The Morgan fingerprint density at radius 3 is 2.57 bits per heavy atom. The van der Waals surface area contributed by atoms with Crippen molar-refractivity contribution in [3.05, 3.63) is 92.2 Å². The number of aliphatic carboxylic acids is 1. The number of ether oxygens (including phenoxy) is 1. The minimum Gasteiger partial charge on any atom is -0.489 e. The zero-order valence-corrected chi connectivity index (χ0v) is 25.5. The molecule has 0 spiro atoms. The zero-order valence-electron chi connectivity index (χ0n) is 23.2. The number of rotatable bonds is 10. The molecule has 10 nitrogen and oxygen atoms in total. The van der Waals surface area contributed by atoms with E-state index in [9.17, 15) is 14.7 Å². The Hall–Kier alpha value is -3.83. The summed E-state index contributed by atoms with van der Waals surface area (Å²) in [6.07, 6.45) is 3.85. The first-order valence-corrected chi connectivity index (χ1v) is 15.1. The number of nitrogens with zero attached hydrogens (tertiary/aromatic N) is 3. The molecule has 228 valence electrons. The van der Waals surface area contributed by atoms with Crippen molar-refractivity contribution < 1.29 is 29.1 Å². The number of carbonyl (C=O) groups excluding carboxylic acids is 1. The Balaban J connectivity index is 1.17. The molecule has 2 aliphatic rings. The van der Waals surface area contributed by atoms with E-state index in [4.69, 9.17) is 49.2 Å². The summed E-state index contributed by atoms with van der Waals surface area (Å²) in [5.74, 6) is 0.347. The van der Waals surface area contributed by atoms with Crippen molar-refractivity contribution >= 4 is 52.5 Å². The largest absolute Gasteiger partial charge is 0.489 e. The van der Waals surface area contributed by atoms with Crippen LogP contribution < -0.4 is 15.0 Å². The van der Waals surface area contributed by atoms with Gasteiger partial charge in [0.05, 0.1) is 27.2 Å². The van der Waals surface area contributed by atoms with Crippen LogP contribution in [0.2, 0.25) is 15.1 Å². The van der Waals surface area contributed by atoms with Gasteiger partial charge in [0.25, 0.3) is 5.91 Å². The molecule has 2 aromatic carbocycles. The van der Waals surface area contributed by atoms with Gasteiger partial charge in [0.1, 0.15) is 41.8 Å². The highest BCUT2D eigenvalue weighted by Crippen LogP contribution is 2.46. The van der Waals surface area contributed by atoms with Crippen LogP contribution in [0.1, 0.15) is 52.4 Å². The second kappa shape index (κ2) is 12.3. The predicted molar refractivity (Wildman–Crippen MR) is 165 cm³/mol. The Kier molecular flexibility index (Phi) is 8.43. The molecule has 3 N–H and O–H groups in total. The Bertz CT molecular complexity index is 1720. The van der Waals surface area contributed by atoms with Crippen molar-refractivity contribution in [3.8, 4) is 17.0 Å². The minimum atomic E-state index is -1.28. The molecule has 0 bridgehead atoms. The molecule has 2 aromatic heterocycles. The lowest BCUT2D eigenvalue weighted by molar-refractivity contribution is -0.135. The second-order valence-corrected chi connectivity index (χ2v) is 12.1. The molecule has 44 heavy (non-hydrogen) atoms. The molecule has 6 rings (SSSR count). The summed E-state index contributed by atoms with van der Waals surface area (Å²) in [5, 5.41) is 28.3. The third kappa shape index (κ3) is 6.21. The van der Waals surface area contributed by atoms with Crippen LogP contribution in [0.5, 0.6) is 5.75 Å². The van der Waals surface area contributed by atoms with Crippen LogP contribution in [-0.2, 0) is 17.0 Å². The summed E-state index contributed by atoms with van der Waals surface area (Å²) in [4.78, 5) is 29.3. The lowest BCUT2D eigenvalue weighted by atomic mass is 9.93. The molecule has 1 amide bonds. The first kappa shape index (κ1) is 30.2. The molecule has 1 atom stereocenters. The Morgan fingerprint density at radius 2 is 1.86 bits per heavy atom. The van der Waals surface area contributed by atoms with Crippen molar-refractivity contribution in [3.63, 3.8) is 0 Å². The third-order valence-electron chi connectivity index (χ3n) is 7.77. The van der Waals surface area contributed by atoms with Crippen LogP contribution in [0.15, 0.2) is 59.3 Å². The number of hydrogen-bond acceptors (Lipinski definition) is 8. The van der Waals surface area contributed by atoms with Crippen LogP contribution in [0.4, 0.5) is 5.82 Å². The molecule has 1 aliphatic heterocycles. The average Bonchev–Trinajstić information content (AvgIpc) is 3.64. The molecule has 1 unspecified atom stereocenters. The average molecular weight is 658 g/mol. The maximum atomic E-state index is 12.3. The van der Waals surface area contributed by atoms with Gasteiger partial charge in [-0.3, -0.25) is 9.59 Å². The van der Waals surface area contributed by atoms with E-state index >= 15 is 0 Å². The van der Waals surface area contributed by atoms with Crippen molar-refractivity contribution in [2.45, 2.75) is 37.4 Å². The highest BCUT2D eigenvalue weighted by atomic mass is 35.5. The minimum absolute atomic E-state index is 0.155. The smallest absolute Gasteiger partial charge is 0.322 e. The van der Waals surface area contributed by atoms with Gasteiger partial charge in [-0.1, -0.05) is 52.1 Å². The molecule has 13 heteroatoms. The number of amides is 1. The quantitative estimate of drug-likeness (QED) is 0.186. The lowest BCUT2D eigenvalue weighted by Gasteiger charge is -2.26. The van der Waals surface area contributed by atoms with E-state index in [1.54, 1.807) is 42.5 Å². The number of β-amino-alcohol motifs (C(OH)–C–C–N with tert-alkyl or cyclic N) is 1. The lowest BCUT2D eigenvalue weighted by Crippen LogP contribution is -2.32. The first-order chi connectivity index (χ1) is 21.1. The Morgan fingerprint density at radius 1 is 1.09 bits per heavy atom. The van der Waals surface area contributed by atoms with Gasteiger partial charge < -0.3 is 29.7 Å². The molecule has 0 radical (unpaired) electrons. The first-order valence-electron chi connectivity index (χ1n) is 13.9. The number of aliphatic hydroxyl groups is 1. The number of halogens is 3. The number of nitrogens with one attached hydrogen (secondary N) is 1. The van der Waals surface area contributed by atoms with Crippen molar-refractivity contribution in [2.75, 3.05) is 24.5 Å². The summed E-state index contributed by atoms with van der Waals surface area (Å²) >= 11 is 19.6. The van der Waals surface area contributed by atoms with E-state index in [0.717, 1.165) is 24.2 Å². The molecule has 2 fully saturated rings. The summed E-state index contributed by atoms with van der Waals surface area (Å²) in [6.45, 7) is 0.314.